The second-order valence-corrected chi connectivity index (χ2v) is 11.7. The van der Waals surface area contributed by atoms with Crippen LogP contribution in [0.4, 0.5) is 10.1 Å². The Labute approximate surface area is 242 Å². The maximum Gasteiger partial charge on any atom is 0.264 e. The summed E-state index contributed by atoms with van der Waals surface area (Å²) in [7, 11) is -4.26. The number of carbonyl (C=O) groups is 2. The van der Waals surface area contributed by atoms with Crippen molar-refractivity contribution in [2.24, 2.45) is 0 Å². The summed E-state index contributed by atoms with van der Waals surface area (Å²) >= 11 is 0. The molecule has 0 unspecified atom stereocenters. The highest BCUT2D eigenvalue weighted by molar-refractivity contribution is 7.92. The number of anilines is 1. The van der Waals surface area contributed by atoms with E-state index in [2.05, 4.69) is 5.32 Å². The maximum absolute atomic E-state index is 14.7. The first-order chi connectivity index (χ1) is 19.5. The molecule has 0 fully saturated rings. The number of para-hydroxylation sites is 2. The summed E-state index contributed by atoms with van der Waals surface area (Å²) in [5.41, 5.74) is 1.25. The van der Waals surface area contributed by atoms with Crippen LogP contribution in [0.5, 0.6) is 5.75 Å². The van der Waals surface area contributed by atoms with Crippen LogP contribution in [-0.2, 0) is 26.2 Å². The number of halogens is 1. The molecule has 41 heavy (non-hydrogen) atoms. The van der Waals surface area contributed by atoms with E-state index < -0.39 is 40.2 Å². The number of hydrogen-bond acceptors (Lipinski definition) is 5. The number of carbonyl (C=O) groups excluding carboxylic acids is 2. The highest BCUT2D eigenvalue weighted by atomic mass is 32.2. The molecule has 1 N–H and O–H groups in total. The monoisotopic (exact) mass is 583 g/mol. The van der Waals surface area contributed by atoms with Gasteiger partial charge in [0.15, 0.2) is 0 Å². The van der Waals surface area contributed by atoms with Gasteiger partial charge in [0.2, 0.25) is 11.8 Å². The molecular formula is C31H38FN3O5S. The summed E-state index contributed by atoms with van der Waals surface area (Å²) < 4.78 is 49.4. The highest BCUT2D eigenvalue weighted by Gasteiger charge is 2.34. The van der Waals surface area contributed by atoms with E-state index in [4.69, 9.17) is 4.74 Å². The lowest BCUT2D eigenvalue weighted by Gasteiger charge is -2.33. The molecule has 10 heteroatoms. The zero-order valence-electron chi connectivity index (χ0n) is 24.1. The molecule has 3 aromatic rings. The van der Waals surface area contributed by atoms with Crippen LogP contribution in [0.2, 0.25) is 0 Å². The van der Waals surface area contributed by atoms with Gasteiger partial charge in [0.05, 0.1) is 17.2 Å². The third kappa shape index (κ3) is 7.85. The van der Waals surface area contributed by atoms with Crippen molar-refractivity contribution in [3.8, 4) is 5.75 Å². The zero-order chi connectivity index (χ0) is 30.2. The maximum atomic E-state index is 14.7. The third-order valence-corrected chi connectivity index (χ3v) is 8.56. The average molecular weight is 584 g/mol. The lowest BCUT2D eigenvalue weighted by molar-refractivity contribution is -0.139. The van der Waals surface area contributed by atoms with Crippen LogP contribution in [0.1, 0.15) is 45.2 Å². The zero-order valence-corrected chi connectivity index (χ0v) is 24.9. The van der Waals surface area contributed by atoms with Crippen LogP contribution in [0.15, 0.2) is 77.7 Å². The van der Waals surface area contributed by atoms with Gasteiger partial charge in [-0.1, -0.05) is 55.0 Å². The lowest BCUT2D eigenvalue weighted by Crippen LogP contribution is -2.52. The molecule has 0 aliphatic carbocycles. The molecule has 2 amide bonds. The van der Waals surface area contributed by atoms with Gasteiger partial charge in [0, 0.05) is 18.2 Å². The number of hydrogen-bond donors (Lipinski definition) is 1. The molecule has 0 saturated heterocycles. The summed E-state index contributed by atoms with van der Waals surface area (Å²) in [4.78, 5) is 28.3. The van der Waals surface area contributed by atoms with E-state index >= 15 is 0 Å². The van der Waals surface area contributed by atoms with E-state index in [-0.39, 0.29) is 41.1 Å². The third-order valence-electron chi connectivity index (χ3n) is 6.79. The van der Waals surface area contributed by atoms with Gasteiger partial charge in [-0.15, -0.1) is 0 Å². The molecular weight excluding hydrogens is 545 g/mol. The lowest BCUT2D eigenvalue weighted by atomic mass is 10.1. The molecule has 220 valence electrons. The first kappa shape index (κ1) is 31.6. The van der Waals surface area contributed by atoms with E-state index in [0.717, 1.165) is 9.87 Å². The minimum atomic E-state index is -4.26. The van der Waals surface area contributed by atoms with Gasteiger partial charge in [-0.2, -0.15) is 0 Å². The van der Waals surface area contributed by atoms with Gasteiger partial charge in [-0.3, -0.25) is 13.9 Å². The van der Waals surface area contributed by atoms with Crippen molar-refractivity contribution in [2.75, 3.05) is 17.5 Å². The van der Waals surface area contributed by atoms with E-state index in [9.17, 15) is 22.4 Å². The fraction of sp³-hybridized carbons (Fsp3) is 0.355. The van der Waals surface area contributed by atoms with Gasteiger partial charge >= 0.3 is 0 Å². The predicted molar refractivity (Wildman–Crippen MR) is 158 cm³/mol. The Morgan fingerprint density at radius 2 is 1.59 bits per heavy atom. The van der Waals surface area contributed by atoms with Crippen LogP contribution in [0, 0.1) is 12.7 Å². The van der Waals surface area contributed by atoms with Crippen LogP contribution < -0.4 is 14.4 Å². The molecule has 0 saturated carbocycles. The number of amides is 2. The Hall–Kier alpha value is -3.92. The summed E-state index contributed by atoms with van der Waals surface area (Å²) in [5, 5.41) is 2.86. The molecule has 0 heterocycles. The summed E-state index contributed by atoms with van der Waals surface area (Å²) in [6, 6.07) is 17.7. The molecule has 3 aromatic carbocycles. The summed E-state index contributed by atoms with van der Waals surface area (Å²) in [6.45, 7) is 8.32. The van der Waals surface area contributed by atoms with Crippen LogP contribution in [-0.4, -0.2) is 50.4 Å². The van der Waals surface area contributed by atoms with Gasteiger partial charge in [-0.05, 0) is 64.4 Å². The Kier molecular flexibility index (Phi) is 10.9. The van der Waals surface area contributed by atoms with Crippen molar-refractivity contribution in [2.45, 2.75) is 64.6 Å². The van der Waals surface area contributed by atoms with E-state index in [1.807, 2.05) is 20.8 Å². The quantitative estimate of drug-likeness (QED) is 0.304. The van der Waals surface area contributed by atoms with Gasteiger partial charge < -0.3 is 15.0 Å². The van der Waals surface area contributed by atoms with Crippen LogP contribution in [0.25, 0.3) is 0 Å². The Bertz CT molecular complexity index is 1450. The first-order valence-corrected chi connectivity index (χ1v) is 15.1. The van der Waals surface area contributed by atoms with E-state index in [0.29, 0.717) is 6.42 Å². The summed E-state index contributed by atoms with van der Waals surface area (Å²) in [6.07, 6.45) is 0.677. The number of nitrogens with zero attached hydrogens (tertiary/aromatic N) is 2. The molecule has 0 aliphatic rings. The average Bonchev–Trinajstić information content (AvgIpc) is 2.95. The van der Waals surface area contributed by atoms with Crippen LogP contribution in [0.3, 0.4) is 0 Å². The standard InChI is InChI=1S/C31H38FN3O5S/c1-6-23(4)33-31(37)24(5)34(20-25-12-8-9-13-27(25)32)30(36)21-35(28-14-10-11-15-29(28)40-7-2)41(38,39)26-18-16-22(3)17-19-26/h8-19,23-24H,6-7,20-21H2,1-5H3,(H,33,37)/t23-,24+/m0/s1. The normalized spacial score (nSPS) is 12.7. The van der Waals surface area contributed by atoms with Crippen molar-refractivity contribution >= 4 is 27.5 Å². The number of ether oxygens (including phenoxy) is 1. The van der Waals surface area contributed by atoms with Crippen molar-refractivity contribution in [3.63, 3.8) is 0 Å². The predicted octanol–water partition coefficient (Wildman–Crippen LogP) is 5.06. The highest BCUT2D eigenvalue weighted by Crippen LogP contribution is 2.33. The fourth-order valence-corrected chi connectivity index (χ4v) is 5.57. The first-order valence-electron chi connectivity index (χ1n) is 13.6. The second kappa shape index (κ2) is 14.1. The SMILES string of the molecule is CCOc1ccccc1N(CC(=O)N(Cc1ccccc1F)[C@H](C)C(=O)N[C@@H](C)CC)S(=O)(=O)c1ccc(C)cc1. The van der Waals surface area contributed by atoms with Crippen LogP contribution >= 0.6 is 0 Å². The Balaban J connectivity index is 2.09. The van der Waals surface area contributed by atoms with Crippen molar-refractivity contribution in [1.82, 2.24) is 10.2 Å². The second-order valence-electron chi connectivity index (χ2n) is 9.83. The Morgan fingerprint density at radius 1 is 0.951 bits per heavy atom. The molecule has 8 nitrogen and oxygen atoms in total. The van der Waals surface area contributed by atoms with Gasteiger partial charge in [-0.25, -0.2) is 12.8 Å². The number of sulfonamides is 1. The number of nitrogens with one attached hydrogen (secondary N) is 1. The minimum Gasteiger partial charge on any atom is -0.492 e. The largest absolute Gasteiger partial charge is 0.492 e. The molecule has 0 bridgehead atoms. The molecule has 2 atom stereocenters. The number of rotatable bonds is 13. The van der Waals surface area contributed by atoms with E-state index in [1.54, 1.807) is 56.3 Å². The molecule has 0 aliphatic heterocycles. The molecule has 0 spiro atoms. The smallest absolute Gasteiger partial charge is 0.264 e. The Morgan fingerprint density at radius 3 is 2.22 bits per heavy atom. The fourth-order valence-electron chi connectivity index (χ4n) is 4.15. The van der Waals surface area contributed by atoms with Gasteiger partial charge in [0.1, 0.15) is 24.2 Å². The van der Waals surface area contributed by atoms with Crippen molar-refractivity contribution < 1.29 is 27.1 Å². The molecule has 0 radical (unpaired) electrons. The van der Waals surface area contributed by atoms with Crippen molar-refractivity contribution in [1.29, 1.82) is 0 Å². The summed E-state index contributed by atoms with van der Waals surface area (Å²) in [5.74, 6) is -1.36. The number of aryl methyl sites for hydroxylation is 1. The topological polar surface area (TPSA) is 96.0 Å². The van der Waals surface area contributed by atoms with Crippen molar-refractivity contribution in [3.05, 3.63) is 89.7 Å². The minimum absolute atomic E-state index is 0.00887. The molecule has 0 aromatic heterocycles. The van der Waals surface area contributed by atoms with Gasteiger partial charge in [0.25, 0.3) is 10.0 Å². The molecule has 3 rings (SSSR count). The van der Waals surface area contributed by atoms with E-state index in [1.165, 1.54) is 35.2 Å². The number of benzene rings is 3.